The first-order valence-electron chi connectivity index (χ1n) is 10.3. The van der Waals surface area contributed by atoms with E-state index in [9.17, 15) is 9.35 Å². The Bertz CT molecular complexity index is 923. The van der Waals surface area contributed by atoms with E-state index >= 15 is 0 Å². The zero-order valence-electron chi connectivity index (χ0n) is 18.4. The molecule has 1 aliphatic rings. The first-order chi connectivity index (χ1) is 13.5. The third-order valence-electron chi connectivity index (χ3n) is 5.48. The highest BCUT2D eigenvalue weighted by molar-refractivity contribution is 7.90. The van der Waals surface area contributed by atoms with Gasteiger partial charge in [0, 0.05) is 49.2 Å². The molecule has 1 unspecified atom stereocenters. The van der Waals surface area contributed by atoms with Crippen molar-refractivity contribution >= 4 is 28.2 Å². The summed E-state index contributed by atoms with van der Waals surface area (Å²) in [5.74, 6) is 0.621. The van der Waals surface area contributed by atoms with E-state index in [0.29, 0.717) is 35.2 Å². The molecule has 0 aliphatic carbocycles. The zero-order valence-corrected chi connectivity index (χ0v) is 19.2. The molecular weight excluding hydrogens is 386 g/mol. The van der Waals surface area contributed by atoms with Crippen LogP contribution in [-0.4, -0.2) is 33.9 Å². The number of nitrogens with zero attached hydrogens (tertiary/aromatic N) is 2. The summed E-state index contributed by atoms with van der Waals surface area (Å²) in [7, 11) is 0. The van der Waals surface area contributed by atoms with Crippen molar-refractivity contribution in [3.63, 3.8) is 0 Å². The molecule has 1 saturated heterocycles. The maximum Gasteiger partial charge on any atom is 0.200 e. The molecule has 7 heteroatoms. The SMILES string of the molecule is Cc1cc2c(=O)cc(N3CCC(C)(C)CC3)oc2c(CCN[S+]([O-])C(C)(C)C)n1. The summed E-state index contributed by atoms with van der Waals surface area (Å²) in [6.45, 7) is 14.5. The van der Waals surface area contributed by atoms with Gasteiger partial charge in [0.1, 0.15) is 4.75 Å². The van der Waals surface area contributed by atoms with Crippen molar-refractivity contribution in [2.45, 2.75) is 65.6 Å². The Kier molecular flexibility index (Phi) is 6.32. The van der Waals surface area contributed by atoms with Gasteiger partial charge in [0.15, 0.2) is 16.9 Å². The van der Waals surface area contributed by atoms with Gasteiger partial charge in [-0.3, -0.25) is 9.78 Å². The van der Waals surface area contributed by atoms with Crippen molar-refractivity contribution in [1.29, 1.82) is 0 Å². The standard InChI is InChI=1S/C22H33N3O3S/c1-15-13-16-18(26)14-19(25-11-8-22(5,6)9-12-25)28-20(16)17(24-15)7-10-23-29(27)21(2,3)4/h13-14,23H,7-12H2,1-6H3. The Balaban J connectivity index is 1.87. The molecule has 160 valence electrons. The smallest absolute Gasteiger partial charge is 0.200 e. The van der Waals surface area contributed by atoms with Crippen molar-refractivity contribution < 1.29 is 8.97 Å². The Morgan fingerprint density at radius 2 is 1.93 bits per heavy atom. The number of anilines is 1. The fraction of sp³-hybridized carbons (Fsp3) is 0.636. The summed E-state index contributed by atoms with van der Waals surface area (Å²) in [5.41, 5.74) is 2.35. The quantitative estimate of drug-likeness (QED) is 0.744. The van der Waals surface area contributed by atoms with E-state index in [1.165, 1.54) is 0 Å². The van der Waals surface area contributed by atoms with Gasteiger partial charge < -0.3 is 13.9 Å². The van der Waals surface area contributed by atoms with Gasteiger partial charge in [-0.25, -0.2) is 0 Å². The van der Waals surface area contributed by atoms with Crippen LogP contribution in [0.25, 0.3) is 11.0 Å². The Labute approximate surface area is 176 Å². The van der Waals surface area contributed by atoms with Crippen LogP contribution in [0, 0.1) is 12.3 Å². The van der Waals surface area contributed by atoms with Gasteiger partial charge in [-0.15, -0.1) is 4.72 Å². The van der Waals surface area contributed by atoms with E-state index < -0.39 is 11.4 Å². The summed E-state index contributed by atoms with van der Waals surface area (Å²) < 4.78 is 21.2. The van der Waals surface area contributed by atoms with E-state index in [2.05, 4.69) is 28.5 Å². The van der Waals surface area contributed by atoms with Crippen LogP contribution in [0.3, 0.4) is 0 Å². The van der Waals surface area contributed by atoms with Crippen molar-refractivity contribution in [2.75, 3.05) is 24.5 Å². The average Bonchev–Trinajstić information content (AvgIpc) is 2.61. The number of piperidine rings is 1. The second-order valence-electron chi connectivity index (χ2n) is 9.71. The first-order valence-corrected chi connectivity index (χ1v) is 11.5. The van der Waals surface area contributed by atoms with Crippen molar-refractivity contribution in [2.24, 2.45) is 5.41 Å². The summed E-state index contributed by atoms with van der Waals surface area (Å²) >= 11 is -1.15. The maximum atomic E-state index is 12.8. The number of rotatable bonds is 5. The lowest BCUT2D eigenvalue weighted by molar-refractivity contribution is 0.274. The highest BCUT2D eigenvalue weighted by Crippen LogP contribution is 2.33. The van der Waals surface area contributed by atoms with Gasteiger partial charge in [0.2, 0.25) is 0 Å². The van der Waals surface area contributed by atoms with Gasteiger partial charge >= 0.3 is 0 Å². The summed E-state index contributed by atoms with van der Waals surface area (Å²) in [6, 6.07) is 3.39. The van der Waals surface area contributed by atoms with E-state index in [1.54, 1.807) is 12.1 Å². The number of nitrogens with one attached hydrogen (secondary N) is 1. The highest BCUT2D eigenvalue weighted by Gasteiger charge is 2.28. The molecule has 0 aromatic carbocycles. The molecule has 3 rings (SSSR count). The number of aromatic nitrogens is 1. The van der Waals surface area contributed by atoms with Crippen LogP contribution in [0.1, 0.15) is 58.8 Å². The molecule has 0 spiro atoms. The lowest BCUT2D eigenvalue weighted by Gasteiger charge is -2.37. The Morgan fingerprint density at radius 3 is 2.55 bits per heavy atom. The van der Waals surface area contributed by atoms with Crippen LogP contribution in [-0.2, 0) is 17.8 Å². The molecule has 1 fully saturated rings. The third kappa shape index (κ3) is 5.32. The van der Waals surface area contributed by atoms with E-state index in [0.717, 1.165) is 37.3 Å². The lowest BCUT2D eigenvalue weighted by atomic mass is 9.83. The highest BCUT2D eigenvalue weighted by atomic mass is 32.2. The molecule has 2 aromatic rings. The van der Waals surface area contributed by atoms with Crippen molar-refractivity contribution in [3.05, 3.63) is 33.7 Å². The molecule has 1 aliphatic heterocycles. The molecular formula is C22H33N3O3S. The fourth-order valence-corrected chi connectivity index (χ4v) is 4.20. The summed E-state index contributed by atoms with van der Waals surface area (Å²) in [6.07, 6.45) is 2.67. The topological polar surface area (TPSA) is 81.4 Å². The van der Waals surface area contributed by atoms with Crippen LogP contribution in [0.4, 0.5) is 5.88 Å². The molecule has 3 heterocycles. The average molecular weight is 420 g/mol. The van der Waals surface area contributed by atoms with Gasteiger partial charge in [0.05, 0.1) is 11.1 Å². The molecule has 6 nitrogen and oxygen atoms in total. The number of hydrogen-bond acceptors (Lipinski definition) is 6. The minimum Gasteiger partial charge on any atom is -0.598 e. The fourth-order valence-electron chi connectivity index (χ4n) is 3.48. The predicted octanol–water partition coefficient (Wildman–Crippen LogP) is 3.72. The molecule has 29 heavy (non-hydrogen) atoms. The summed E-state index contributed by atoms with van der Waals surface area (Å²) in [4.78, 5) is 19.6. The summed E-state index contributed by atoms with van der Waals surface area (Å²) in [5, 5.41) is 0.561. The first kappa shape index (κ1) is 22.1. The second-order valence-corrected chi connectivity index (χ2v) is 11.8. The Morgan fingerprint density at radius 1 is 1.28 bits per heavy atom. The molecule has 0 bridgehead atoms. The number of hydrogen-bond donors (Lipinski definition) is 1. The van der Waals surface area contributed by atoms with Crippen LogP contribution in [0.15, 0.2) is 21.3 Å². The van der Waals surface area contributed by atoms with E-state index in [1.807, 2.05) is 27.7 Å². The van der Waals surface area contributed by atoms with Gasteiger partial charge in [-0.2, -0.15) is 0 Å². The zero-order chi connectivity index (χ0) is 21.4. The minimum absolute atomic E-state index is 0.0379. The van der Waals surface area contributed by atoms with Crippen LogP contribution in [0.5, 0.6) is 0 Å². The van der Waals surface area contributed by atoms with E-state index in [4.69, 9.17) is 4.42 Å². The monoisotopic (exact) mass is 419 g/mol. The van der Waals surface area contributed by atoms with Crippen LogP contribution < -0.4 is 15.1 Å². The normalized spacial score (nSPS) is 18.2. The molecule has 1 N–H and O–H groups in total. The largest absolute Gasteiger partial charge is 0.598 e. The van der Waals surface area contributed by atoms with Gasteiger partial charge in [0.25, 0.3) is 0 Å². The molecule has 1 atom stereocenters. The van der Waals surface area contributed by atoms with E-state index in [-0.39, 0.29) is 10.2 Å². The Hall–Kier alpha value is -1.57. The maximum absolute atomic E-state index is 12.8. The van der Waals surface area contributed by atoms with Crippen LogP contribution in [0.2, 0.25) is 0 Å². The van der Waals surface area contributed by atoms with Gasteiger partial charge in [-0.1, -0.05) is 13.8 Å². The molecule has 0 radical (unpaired) electrons. The number of fused-ring (bicyclic) bond motifs is 1. The third-order valence-corrected chi connectivity index (χ3v) is 7.06. The molecule has 0 amide bonds. The number of pyridine rings is 1. The minimum atomic E-state index is -1.15. The number of aryl methyl sites for hydroxylation is 1. The predicted molar refractivity (Wildman–Crippen MR) is 120 cm³/mol. The van der Waals surface area contributed by atoms with Gasteiger partial charge in [-0.05, 0) is 52.0 Å². The molecule has 2 aromatic heterocycles. The lowest BCUT2D eigenvalue weighted by Crippen LogP contribution is -2.40. The van der Waals surface area contributed by atoms with Crippen LogP contribution >= 0.6 is 0 Å². The van der Waals surface area contributed by atoms with Crippen molar-refractivity contribution in [1.82, 2.24) is 9.71 Å². The van der Waals surface area contributed by atoms with Crippen molar-refractivity contribution in [3.8, 4) is 0 Å². The molecule has 0 saturated carbocycles. The second kappa shape index (κ2) is 8.28.